The Labute approximate surface area is 222 Å². The molecular weight excluding hydrogens is 517 g/mol. The molecule has 2 N–H and O–H groups in total. The van der Waals surface area contributed by atoms with Crippen LogP contribution in [0.5, 0.6) is 5.75 Å². The number of benzene rings is 3. The van der Waals surface area contributed by atoms with Gasteiger partial charge in [-0.2, -0.15) is 0 Å². The van der Waals surface area contributed by atoms with Crippen molar-refractivity contribution in [3.8, 4) is 5.75 Å². The van der Waals surface area contributed by atoms with E-state index in [4.69, 9.17) is 27.9 Å². The van der Waals surface area contributed by atoms with E-state index in [1.54, 1.807) is 24.3 Å². The average Bonchev–Trinajstić information content (AvgIpc) is 2.85. The first-order valence-electron chi connectivity index (χ1n) is 11.1. The fraction of sp³-hybridized carbons (Fsp3) is 0.111. The van der Waals surface area contributed by atoms with Crippen LogP contribution < -0.4 is 20.3 Å². The number of hydrogen-bond donors (Lipinski definition) is 2. The molecule has 0 atom stereocenters. The molecule has 1 aliphatic heterocycles. The molecule has 0 saturated carbocycles. The van der Waals surface area contributed by atoms with Crippen molar-refractivity contribution >= 4 is 64.4 Å². The first kappa shape index (κ1) is 25.9. The van der Waals surface area contributed by atoms with E-state index in [1.165, 1.54) is 24.3 Å². The maximum Gasteiger partial charge on any atom is 0.336 e. The fourth-order valence-corrected chi connectivity index (χ4v) is 3.95. The molecule has 10 heteroatoms. The third kappa shape index (κ3) is 5.82. The predicted molar refractivity (Wildman–Crippen MR) is 142 cm³/mol. The Morgan fingerprint density at radius 1 is 1.00 bits per heavy atom. The van der Waals surface area contributed by atoms with Gasteiger partial charge in [0.15, 0.2) is 6.61 Å². The van der Waals surface area contributed by atoms with Gasteiger partial charge in [0.05, 0.1) is 15.7 Å². The van der Waals surface area contributed by atoms with Crippen LogP contribution in [0.1, 0.15) is 16.7 Å². The second kappa shape index (κ2) is 10.9. The zero-order chi connectivity index (χ0) is 26.7. The predicted octanol–water partition coefficient (Wildman–Crippen LogP) is 5.29. The Kier molecular flexibility index (Phi) is 7.61. The Morgan fingerprint density at radius 2 is 1.76 bits per heavy atom. The number of carbonyl (C=O) groups is 4. The number of urea groups is 1. The van der Waals surface area contributed by atoms with Crippen LogP contribution in [0.3, 0.4) is 0 Å². The highest BCUT2D eigenvalue weighted by Gasteiger charge is 2.38. The van der Waals surface area contributed by atoms with Gasteiger partial charge in [-0.3, -0.25) is 19.7 Å². The van der Waals surface area contributed by atoms with E-state index in [2.05, 4.69) is 10.6 Å². The normalized spacial score (nSPS) is 14.5. The topological polar surface area (TPSA) is 105 Å². The molecule has 0 aromatic heterocycles. The van der Waals surface area contributed by atoms with Crippen molar-refractivity contribution in [2.24, 2.45) is 0 Å². The number of ether oxygens (including phenoxy) is 1. The smallest absolute Gasteiger partial charge is 0.336 e. The molecule has 0 unspecified atom stereocenters. The molecule has 1 aliphatic rings. The van der Waals surface area contributed by atoms with E-state index in [0.29, 0.717) is 17.0 Å². The Bertz CT molecular complexity index is 1470. The van der Waals surface area contributed by atoms with Crippen molar-refractivity contribution in [2.45, 2.75) is 13.8 Å². The van der Waals surface area contributed by atoms with E-state index in [-0.39, 0.29) is 33.8 Å². The molecule has 8 nitrogen and oxygen atoms in total. The molecule has 3 aromatic rings. The molecule has 1 fully saturated rings. The molecule has 3 aromatic carbocycles. The first-order chi connectivity index (χ1) is 17.6. The lowest BCUT2D eigenvalue weighted by Crippen LogP contribution is -2.54. The molecule has 1 heterocycles. The molecule has 0 aliphatic carbocycles. The first-order valence-corrected chi connectivity index (χ1v) is 11.8. The summed E-state index contributed by atoms with van der Waals surface area (Å²) in [6, 6.07) is 15.6. The number of carbonyl (C=O) groups excluding carboxylic acids is 4. The van der Waals surface area contributed by atoms with Gasteiger partial charge in [-0.25, -0.2) is 9.69 Å². The number of anilines is 2. The quantitative estimate of drug-likeness (QED) is 0.328. The summed E-state index contributed by atoms with van der Waals surface area (Å²) in [5.41, 5.74) is 3.03. The summed E-state index contributed by atoms with van der Waals surface area (Å²) in [5.74, 6) is -1.72. The van der Waals surface area contributed by atoms with Crippen LogP contribution in [0.4, 0.5) is 16.2 Å². The minimum absolute atomic E-state index is 0.00385. The summed E-state index contributed by atoms with van der Waals surface area (Å²) in [6.45, 7) is 3.69. The lowest BCUT2D eigenvalue weighted by atomic mass is 10.1. The van der Waals surface area contributed by atoms with Crippen molar-refractivity contribution in [2.75, 3.05) is 16.8 Å². The van der Waals surface area contributed by atoms with Crippen molar-refractivity contribution in [3.05, 3.63) is 93.0 Å². The number of barbiturate groups is 1. The summed E-state index contributed by atoms with van der Waals surface area (Å²) in [5, 5.41) is 5.05. The molecule has 4 rings (SSSR count). The SMILES string of the molecule is Cc1ccc(NC(=O)COc2cccc(/C=C3\C(=O)NC(=O)N(c4cccc(Cl)c4Cl)C3=O)c2)cc1C. The summed E-state index contributed by atoms with van der Waals surface area (Å²) in [4.78, 5) is 51.1. The third-order valence-corrected chi connectivity index (χ3v) is 6.41. The minimum atomic E-state index is -0.941. The summed E-state index contributed by atoms with van der Waals surface area (Å²) >= 11 is 12.2. The van der Waals surface area contributed by atoms with E-state index >= 15 is 0 Å². The van der Waals surface area contributed by atoms with Gasteiger partial charge in [-0.05, 0) is 73.0 Å². The monoisotopic (exact) mass is 537 g/mol. The number of aryl methyl sites for hydroxylation is 2. The number of nitrogens with zero attached hydrogens (tertiary/aromatic N) is 1. The van der Waals surface area contributed by atoms with E-state index in [9.17, 15) is 19.2 Å². The van der Waals surface area contributed by atoms with Gasteiger partial charge in [-0.15, -0.1) is 0 Å². The van der Waals surface area contributed by atoms with Crippen molar-refractivity contribution in [1.29, 1.82) is 0 Å². The van der Waals surface area contributed by atoms with Crippen LogP contribution in [0.15, 0.2) is 66.2 Å². The molecule has 0 spiro atoms. The summed E-state index contributed by atoms with van der Waals surface area (Å²) in [7, 11) is 0. The van der Waals surface area contributed by atoms with Crippen LogP contribution in [0.25, 0.3) is 6.08 Å². The summed E-state index contributed by atoms with van der Waals surface area (Å²) < 4.78 is 5.59. The van der Waals surface area contributed by atoms with Gasteiger partial charge >= 0.3 is 6.03 Å². The average molecular weight is 538 g/mol. The number of rotatable bonds is 6. The number of imide groups is 2. The maximum atomic E-state index is 13.1. The van der Waals surface area contributed by atoms with Gasteiger partial charge in [-0.1, -0.05) is 47.5 Å². The number of amides is 5. The van der Waals surface area contributed by atoms with E-state index < -0.39 is 17.8 Å². The standard InChI is InChI=1S/C27H21Cl2N3O5/c1-15-9-10-18(11-16(15)2)30-23(33)14-37-19-6-3-5-17(12-19)13-20-25(34)31-27(36)32(26(20)35)22-8-4-7-21(28)24(22)29/h3-13H,14H2,1-2H3,(H,30,33)(H,31,34,36)/b20-13+. The zero-order valence-electron chi connectivity index (χ0n) is 19.8. The lowest BCUT2D eigenvalue weighted by Gasteiger charge is -2.27. The zero-order valence-corrected chi connectivity index (χ0v) is 21.3. The van der Waals surface area contributed by atoms with Crippen molar-refractivity contribution < 1.29 is 23.9 Å². The second-order valence-electron chi connectivity index (χ2n) is 8.24. The fourth-order valence-electron chi connectivity index (χ4n) is 3.57. The van der Waals surface area contributed by atoms with Gasteiger partial charge in [0.25, 0.3) is 17.7 Å². The molecule has 0 bridgehead atoms. The highest BCUT2D eigenvalue weighted by molar-refractivity contribution is 6.46. The van der Waals surface area contributed by atoms with Crippen LogP contribution in [-0.4, -0.2) is 30.4 Å². The molecule has 5 amide bonds. The van der Waals surface area contributed by atoms with Crippen molar-refractivity contribution in [1.82, 2.24) is 5.32 Å². The minimum Gasteiger partial charge on any atom is -0.484 e. The molecule has 1 saturated heterocycles. The number of nitrogens with one attached hydrogen (secondary N) is 2. The molecule has 188 valence electrons. The highest BCUT2D eigenvalue weighted by atomic mass is 35.5. The third-order valence-electron chi connectivity index (χ3n) is 5.60. The van der Waals surface area contributed by atoms with Gasteiger partial charge in [0.2, 0.25) is 0 Å². The Balaban J connectivity index is 1.50. The maximum absolute atomic E-state index is 13.1. The van der Waals surface area contributed by atoms with Crippen LogP contribution in [0.2, 0.25) is 10.0 Å². The Morgan fingerprint density at radius 3 is 2.51 bits per heavy atom. The number of hydrogen-bond acceptors (Lipinski definition) is 5. The second-order valence-corrected chi connectivity index (χ2v) is 9.02. The molecule has 0 radical (unpaired) electrons. The summed E-state index contributed by atoms with van der Waals surface area (Å²) in [6.07, 6.45) is 1.32. The largest absolute Gasteiger partial charge is 0.484 e. The number of halogens is 2. The molecule has 37 heavy (non-hydrogen) atoms. The van der Waals surface area contributed by atoms with Crippen molar-refractivity contribution in [3.63, 3.8) is 0 Å². The van der Waals surface area contributed by atoms with Crippen LogP contribution in [0, 0.1) is 13.8 Å². The van der Waals surface area contributed by atoms with Crippen LogP contribution in [-0.2, 0) is 14.4 Å². The van der Waals surface area contributed by atoms with Gasteiger partial charge in [0, 0.05) is 5.69 Å². The van der Waals surface area contributed by atoms with Crippen LogP contribution >= 0.6 is 23.2 Å². The Hall–Kier alpha value is -4.14. The van der Waals surface area contributed by atoms with Gasteiger partial charge < -0.3 is 10.1 Å². The van der Waals surface area contributed by atoms with Gasteiger partial charge in [0.1, 0.15) is 11.3 Å². The van der Waals surface area contributed by atoms with E-state index in [0.717, 1.165) is 16.0 Å². The lowest BCUT2D eigenvalue weighted by molar-refractivity contribution is -0.122. The molecular formula is C27H21Cl2N3O5. The van der Waals surface area contributed by atoms with E-state index in [1.807, 2.05) is 32.0 Å². The highest BCUT2D eigenvalue weighted by Crippen LogP contribution is 2.34.